The average molecular weight is 316 g/mol. The van der Waals surface area contributed by atoms with Crippen LogP contribution >= 0.6 is 11.6 Å². The first-order valence-corrected chi connectivity index (χ1v) is 6.79. The first-order chi connectivity index (χ1) is 10.7. The zero-order valence-corrected chi connectivity index (χ0v) is 11.9. The van der Waals surface area contributed by atoms with E-state index in [0.717, 1.165) is 16.9 Å². The Morgan fingerprint density at radius 1 is 1.36 bits per heavy atom. The molecule has 1 aromatic carbocycles. The molecule has 8 nitrogen and oxygen atoms in total. The van der Waals surface area contributed by atoms with Gasteiger partial charge in [-0.1, -0.05) is 22.8 Å². The Bertz CT molecular complexity index is 911. The van der Waals surface area contributed by atoms with E-state index < -0.39 is 0 Å². The Morgan fingerprint density at radius 2 is 2.23 bits per heavy atom. The van der Waals surface area contributed by atoms with E-state index in [1.54, 1.807) is 17.1 Å². The van der Waals surface area contributed by atoms with E-state index in [0.29, 0.717) is 23.1 Å². The van der Waals surface area contributed by atoms with Gasteiger partial charge in [0.2, 0.25) is 0 Å². The zero-order chi connectivity index (χ0) is 15.3. The van der Waals surface area contributed by atoms with Gasteiger partial charge in [0.1, 0.15) is 18.3 Å². The van der Waals surface area contributed by atoms with Gasteiger partial charge < -0.3 is 10.9 Å². The number of oxime groups is 1. The summed E-state index contributed by atoms with van der Waals surface area (Å²) in [6.07, 6.45) is 3.09. The lowest BCUT2D eigenvalue weighted by molar-refractivity contribution is 0.318. The number of benzene rings is 1. The minimum Gasteiger partial charge on any atom is -0.409 e. The predicted molar refractivity (Wildman–Crippen MR) is 79.2 cm³/mol. The smallest absolute Gasteiger partial charge is 0.190 e. The van der Waals surface area contributed by atoms with Crippen LogP contribution in [0.1, 0.15) is 11.4 Å². The Kier molecular flexibility index (Phi) is 2.67. The highest BCUT2D eigenvalue weighted by Gasteiger charge is 2.26. The summed E-state index contributed by atoms with van der Waals surface area (Å²) in [6, 6.07) is 5.55. The third kappa shape index (κ3) is 1.64. The van der Waals surface area contributed by atoms with Gasteiger partial charge in [-0.05, 0) is 12.1 Å². The van der Waals surface area contributed by atoms with Crippen molar-refractivity contribution in [2.24, 2.45) is 10.9 Å². The predicted octanol–water partition coefficient (Wildman–Crippen LogP) is 1.24. The number of rotatable bonds is 1. The van der Waals surface area contributed by atoms with Crippen molar-refractivity contribution in [1.29, 1.82) is 0 Å². The van der Waals surface area contributed by atoms with Gasteiger partial charge in [0.05, 0.1) is 28.5 Å². The summed E-state index contributed by atoms with van der Waals surface area (Å²) in [7, 11) is 0. The summed E-state index contributed by atoms with van der Waals surface area (Å²) in [5.74, 6) is 0.607. The summed E-state index contributed by atoms with van der Waals surface area (Å²) in [5, 5.41) is 16.8. The molecule has 22 heavy (non-hydrogen) atoms. The van der Waals surface area contributed by atoms with Crippen LogP contribution in [-0.2, 0) is 6.54 Å². The molecule has 0 amide bonds. The van der Waals surface area contributed by atoms with E-state index in [1.165, 1.54) is 6.33 Å². The summed E-state index contributed by atoms with van der Waals surface area (Å²) < 4.78 is 3.56. The van der Waals surface area contributed by atoms with E-state index in [9.17, 15) is 0 Å². The van der Waals surface area contributed by atoms with E-state index >= 15 is 0 Å². The maximum atomic E-state index is 8.93. The van der Waals surface area contributed by atoms with Crippen molar-refractivity contribution in [1.82, 2.24) is 24.3 Å². The molecule has 3 N–H and O–H groups in total. The fraction of sp³-hybridized carbons (Fsp3) is 0.0769. The maximum absolute atomic E-state index is 8.93. The zero-order valence-electron chi connectivity index (χ0n) is 11.2. The molecule has 1 aliphatic rings. The monoisotopic (exact) mass is 315 g/mol. The maximum Gasteiger partial charge on any atom is 0.190 e. The van der Waals surface area contributed by atoms with Crippen LogP contribution in [0.15, 0.2) is 36.0 Å². The number of halogens is 1. The van der Waals surface area contributed by atoms with Crippen LogP contribution in [0.25, 0.3) is 17.1 Å². The number of fused-ring (bicyclic) bond motifs is 5. The molecule has 0 fully saturated rings. The highest BCUT2D eigenvalue weighted by Crippen LogP contribution is 2.35. The highest BCUT2D eigenvalue weighted by molar-refractivity contribution is 6.33. The minimum absolute atomic E-state index is 0.0547. The second-order valence-electron chi connectivity index (χ2n) is 4.77. The molecule has 3 aromatic rings. The number of nitrogens with two attached hydrogens (primary N) is 1. The molecule has 9 heteroatoms. The molecule has 1 aliphatic heterocycles. The molecule has 0 bridgehead atoms. The minimum atomic E-state index is -0.0547. The van der Waals surface area contributed by atoms with E-state index in [2.05, 4.69) is 20.2 Å². The van der Waals surface area contributed by atoms with Gasteiger partial charge in [0.25, 0.3) is 0 Å². The average Bonchev–Trinajstić information content (AvgIpc) is 3.12. The highest BCUT2D eigenvalue weighted by atomic mass is 35.5. The molecule has 4 rings (SSSR count). The molecule has 0 radical (unpaired) electrons. The Labute approximate surface area is 129 Å². The van der Waals surface area contributed by atoms with E-state index in [1.807, 2.05) is 16.7 Å². The normalized spacial score (nSPS) is 13.2. The van der Waals surface area contributed by atoms with Crippen LogP contribution in [0.3, 0.4) is 0 Å². The molecule has 0 spiro atoms. The standard InChI is InChI=1S/C13H10ClN7O/c14-7-2-1-3-8-10(7)13-16-5-18-21(13)4-9-11(12(15)19-22)17-6-20(8)9/h1-3,5-6,22H,4H2,(H2,15,19). The number of amidine groups is 1. The largest absolute Gasteiger partial charge is 0.409 e. The molecule has 0 aliphatic carbocycles. The number of nitrogens with zero attached hydrogens (tertiary/aromatic N) is 6. The van der Waals surface area contributed by atoms with Crippen LogP contribution < -0.4 is 5.73 Å². The van der Waals surface area contributed by atoms with Crippen molar-refractivity contribution >= 4 is 17.4 Å². The van der Waals surface area contributed by atoms with Crippen LogP contribution in [0.4, 0.5) is 0 Å². The molecule has 0 saturated carbocycles. The van der Waals surface area contributed by atoms with E-state index in [4.69, 9.17) is 22.5 Å². The third-order valence-corrected chi connectivity index (χ3v) is 3.92. The Hall–Kier alpha value is -2.87. The summed E-state index contributed by atoms with van der Waals surface area (Å²) in [6.45, 7) is 0.381. The second-order valence-corrected chi connectivity index (χ2v) is 5.18. The quantitative estimate of drug-likeness (QED) is 0.238. The molecule has 0 atom stereocenters. The lowest BCUT2D eigenvalue weighted by atomic mass is 10.1. The lowest BCUT2D eigenvalue weighted by Crippen LogP contribution is -2.18. The molecule has 0 saturated heterocycles. The van der Waals surface area contributed by atoms with Crippen LogP contribution in [0.5, 0.6) is 0 Å². The molecular formula is C13H10ClN7O. The topological polar surface area (TPSA) is 107 Å². The van der Waals surface area contributed by atoms with Crippen molar-refractivity contribution < 1.29 is 5.21 Å². The molecule has 0 unspecified atom stereocenters. The first kappa shape index (κ1) is 12.8. The van der Waals surface area contributed by atoms with Crippen LogP contribution in [-0.4, -0.2) is 35.4 Å². The van der Waals surface area contributed by atoms with Crippen molar-refractivity contribution in [2.75, 3.05) is 0 Å². The van der Waals surface area contributed by atoms with Gasteiger partial charge in [-0.2, -0.15) is 5.10 Å². The fourth-order valence-corrected chi connectivity index (χ4v) is 2.90. The van der Waals surface area contributed by atoms with Crippen LogP contribution in [0, 0.1) is 0 Å². The molecular weight excluding hydrogens is 306 g/mol. The summed E-state index contributed by atoms with van der Waals surface area (Å²) in [5.41, 5.74) is 8.44. The van der Waals surface area contributed by atoms with Crippen molar-refractivity contribution in [3.63, 3.8) is 0 Å². The van der Waals surface area contributed by atoms with Gasteiger partial charge in [0.15, 0.2) is 11.7 Å². The molecule has 3 heterocycles. The van der Waals surface area contributed by atoms with Crippen molar-refractivity contribution in [3.05, 3.63) is 47.3 Å². The first-order valence-electron chi connectivity index (χ1n) is 6.42. The van der Waals surface area contributed by atoms with Crippen LogP contribution in [0.2, 0.25) is 5.02 Å². The second kappa shape index (κ2) is 4.57. The third-order valence-electron chi connectivity index (χ3n) is 3.61. The number of imidazole rings is 1. The van der Waals surface area contributed by atoms with Gasteiger partial charge in [-0.15, -0.1) is 0 Å². The van der Waals surface area contributed by atoms with Gasteiger partial charge in [0, 0.05) is 0 Å². The Balaban J connectivity index is 2.09. The van der Waals surface area contributed by atoms with Crippen molar-refractivity contribution in [2.45, 2.75) is 6.54 Å². The Morgan fingerprint density at radius 3 is 3.05 bits per heavy atom. The van der Waals surface area contributed by atoms with Crippen molar-refractivity contribution in [3.8, 4) is 17.1 Å². The summed E-state index contributed by atoms with van der Waals surface area (Å²) >= 11 is 6.36. The number of aromatic nitrogens is 5. The van der Waals surface area contributed by atoms with Gasteiger partial charge in [-0.25, -0.2) is 14.6 Å². The molecule has 110 valence electrons. The molecule has 2 aromatic heterocycles. The SMILES string of the molecule is NC(=NO)c1ncn2c1Cn1ncnc1-c1c(Cl)cccc1-2. The number of hydrogen-bond donors (Lipinski definition) is 2. The lowest BCUT2D eigenvalue weighted by Gasteiger charge is -2.09. The number of hydrogen-bond acceptors (Lipinski definition) is 5. The summed E-state index contributed by atoms with van der Waals surface area (Å²) in [4.78, 5) is 8.54. The van der Waals surface area contributed by atoms with Gasteiger partial charge >= 0.3 is 0 Å². The fourth-order valence-electron chi connectivity index (χ4n) is 2.64. The van der Waals surface area contributed by atoms with Gasteiger partial charge in [-0.3, -0.25) is 4.57 Å². The van der Waals surface area contributed by atoms with E-state index in [-0.39, 0.29) is 5.84 Å².